The van der Waals surface area contributed by atoms with Gasteiger partial charge in [-0.2, -0.15) is 0 Å². The van der Waals surface area contributed by atoms with Gasteiger partial charge in [0.1, 0.15) is 0 Å². The van der Waals surface area contributed by atoms with E-state index in [1.807, 2.05) is 18.7 Å². The van der Waals surface area contributed by atoms with E-state index >= 15 is 0 Å². The van der Waals surface area contributed by atoms with Crippen molar-refractivity contribution in [3.05, 3.63) is 0 Å². The van der Waals surface area contributed by atoms with Gasteiger partial charge in [-0.3, -0.25) is 4.79 Å². The van der Waals surface area contributed by atoms with Crippen LogP contribution in [0.4, 0.5) is 0 Å². The normalized spacial score (nSPS) is 17.5. The highest BCUT2D eigenvalue weighted by molar-refractivity contribution is 5.78. The molecule has 0 atom stereocenters. The Labute approximate surface area is 85.3 Å². The molecule has 1 amide bonds. The molecular formula is C10H20N2O2. The Balaban J connectivity index is 2.27. The number of likely N-dealkylation sites (tertiary alicyclic amines) is 1. The van der Waals surface area contributed by atoms with Crippen LogP contribution in [0.1, 0.15) is 26.7 Å². The van der Waals surface area contributed by atoms with E-state index in [1.54, 1.807) is 0 Å². The molecule has 0 spiro atoms. The second-order valence-corrected chi connectivity index (χ2v) is 4.48. The maximum atomic E-state index is 11.6. The zero-order chi connectivity index (χ0) is 10.6. The highest BCUT2D eigenvalue weighted by Crippen LogP contribution is 2.07. The lowest BCUT2D eigenvalue weighted by Gasteiger charge is -2.25. The Bertz CT molecular complexity index is 198. The number of hydrogen-bond donors (Lipinski definition) is 2. The Morgan fingerprint density at radius 1 is 1.43 bits per heavy atom. The number of aliphatic hydroxyl groups is 1. The fourth-order valence-electron chi connectivity index (χ4n) is 1.45. The van der Waals surface area contributed by atoms with Crippen molar-refractivity contribution in [2.24, 2.45) is 0 Å². The second-order valence-electron chi connectivity index (χ2n) is 4.48. The van der Waals surface area contributed by atoms with Crippen LogP contribution in [0.25, 0.3) is 0 Å². The van der Waals surface area contributed by atoms with E-state index in [0.29, 0.717) is 6.54 Å². The van der Waals surface area contributed by atoms with E-state index in [0.717, 1.165) is 25.9 Å². The predicted molar refractivity (Wildman–Crippen MR) is 55.0 cm³/mol. The van der Waals surface area contributed by atoms with Crippen molar-refractivity contribution in [3.8, 4) is 0 Å². The minimum absolute atomic E-state index is 0.0419. The van der Waals surface area contributed by atoms with Gasteiger partial charge in [-0.15, -0.1) is 0 Å². The maximum absolute atomic E-state index is 11.6. The summed E-state index contributed by atoms with van der Waals surface area (Å²) in [7, 11) is 0. The lowest BCUT2D eigenvalue weighted by molar-refractivity contribution is -0.129. The molecule has 0 radical (unpaired) electrons. The Kier molecular flexibility index (Phi) is 3.89. The van der Waals surface area contributed by atoms with Gasteiger partial charge in [0.05, 0.1) is 13.2 Å². The van der Waals surface area contributed by atoms with Crippen LogP contribution in [0, 0.1) is 0 Å². The molecule has 1 heterocycles. The van der Waals surface area contributed by atoms with E-state index in [1.165, 1.54) is 0 Å². The molecule has 4 nitrogen and oxygen atoms in total. The Morgan fingerprint density at radius 2 is 2.00 bits per heavy atom. The number of carbonyl (C=O) groups excluding carboxylic acids is 1. The summed E-state index contributed by atoms with van der Waals surface area (Å²) in [4.78, 5) is 13.5. The largest absolute Gasteiger partial charge is 0.394 e. The first kappa shape index (κ1) is 11.5. The number of nitrogens with zero attached hydrogens (tertiary/aromatic N) is 1. The molecule has 1 rings (SSSR count). The van der Waals surface area contributed by atoms with Crippen molar-refractivity contribution >= 4 is 5.91 Å². The lowest BCUT2D eigenvalue weighted by atomic mass is 10.1. The minimum Gasteiger partial charge on any atom is -0.394 e. The molecule has 0 aromatic rings. The number of hydrogen-bond acceptors (Lipinski definition) is 3. The summed E-state index contributed by atoms with van der Waals surface area (Å²) in [5.41, 5.74) is -0.366. The van der Waals surface area contributed by atoms with Gasteiger partial charge in [0.25, 0.3) is 0 Å². The van der Waals surface area contributed by atoms with Crippen molar-refractivity contribution in [2.75, 3.05) is 26.2 Å². The van der Waals surface area contributed by atoms with Crippen LogP contribution in [0.5, 0.6) is 0 Å². The average Bonchev–Trinajstić information content (AvgIpc) is 2.67. The quantitative estimate of drug-likeness (QED) is 0.670. The van der Waals surface area contributed by atoms with Gasteiger partial charge < -0.3 is 15.3 Å². The minimum atomic E-state index is -0.366. The molecule has 82 valence electrons. The molecule has 14 heavy (non-hydrogen) atoms. The standard InChI is InChI=1S/C10H20N2O2/c1-10(2,8-13)11-7-9(14)12-5-3-4-6-12/h11,13H,3-8H2,1-2H3. The van der Waals surface area contributed by atoms with E-state index in [-0.39, 0.29) is 18.1 Å². The van der Waals surface area contributed by atoms with Gasteiger partial charge >= 0.3 is 0 Å². The summed E-state index contributed by atoms with van der Waals surface area (Å²) in [5.74, 6) is 0.143. The van der Waals surface area contributed by atoms with Gasteiger partial charge in [0.2, 0.25) is 5.91 Å². The van der Waals surface area contributed by atoms with Crippen LogP contribution >= 0.6 is 0 Å². The molecule has 0 unspecified atom stereocenters. The highest BCUT2D eigenvalue weighted by atomic mass is 16.3. The summed E-state index contributed by atoms with van der Waals surface area (Å²) in [6, 6.07) is 0. The smallest absolute Gasteiger partial charge is 0.236 e. The Morgan fingerprint density at radius 3 is 2.50 bits per heavy atom. The molecule has 0 bridgehead atoms. The lowest BCUT2D eigenvalue weighted by Crippen LogP contribution is -2.48. The maximum Gasteiger partial charge on any atom is 0.236 e. The van der Waals surface area contributed by atoms with Crippen molar-refractivity contribution in [3.63, 3.8) is 0 Å². The summed E-state index contributed by atoms with van der Waals surface area (Å²) in [6.45, 7) is 5.91. The molecular weight excluding hydrogens is 180 g/mol. The molecule has 0 saturated carbocycles. The fourth-order valence-corrected chi connectivity index (χ4v) is 1.45. The molecule has 0 aromatic carbocycles. The average molecular weight is 200 g/mol. The van der Waals surface area contributed by atoms with Crippen molar-refractivity contribution < 1.29 is 9.90 Å². The molecule has 1 aliphatic rings. The monoisotopic (exact) mass is 200 g/mol. The van der Waals surface area contributed by atoms with Gasteiger partial charge in [-0.05, 0) is 26.7 Å². The third-order valence-electron chi connectivity index (χ3n) is 2.57. The zero-order valence-corrected chi connectivity index (χ0v) is 9.05. The second kappa shape index (κ2) is 4.75. The van der Waals surface area contributed by atoms with Gasteiger partial charge in [-0.1, -0.05) is 0 Å². The predicted octanol–water partition coefficient (Wildman–Crippen LogP) is -0.0307. The Hall–Kier alpha value is -0.610. The summed E-state index contributed by atoms with van der Waals surface area (Å²) in [5, 5.41) is 12.0. The van der Waals surface area contributed by atoms with Gasteiger partial charge in [0.15, 0.2) is 0 Å². The summed E-state index contributed by atoms with van der Waals surface area (Å²) >= 11 is 0. The third-order valence-corrected chi connectivity index (χ3v) is 2.57. The first-order valence-electron chi connectivity index (χ1n) is 5.19. The van der Waals surface area contributed by atoms with Crippen LogP contribution in [-0.2, 0) is 4.79 Å². The number of rotatable bonds is 4. The molecule has 2 N–H and O–H groups in total. The first-order chi connectivity index (χ1) is 6.55. The van der Waals surface area contributed by atoms with Crippen LogP contribution < -0.4 is 5.32 Å². The molecule has 4 heteroatoms. The topological polar surface area (TPSA) is 52.6 Å². The third kappa shape index (κ3) is 3.27. The summed E-state index contributed by atoms with van der Waals surface area (Å²) in [6.07, 6.45) is 2.24. The SMILES string of the molecule is CC(C)(CO)NCC(=O)N1CCCC1. The molecule has 1 aliphatic heterocycles. The van der Waals surface area contributed by atoms with E-state index < -0.39 is 0 Å². The van der Waals surface area contributed by atoms with E-state index in [2.05, 4.69) is 5.32 Å². The summed E-state index contributed by atoms with van der Waals surface area (Å²) < 4.78 is 0. The zero-order valence-electron chi connectivity index (χ0n) is 9.05. The molecule has 0 aliphatic carbocycles. The van der Waals surface area contributed by atoms with Crippen LogP contribution in [0.2, 0.25) is 0 Å². The molecule has 1 saturated heterocycles. The number of nitrogens with one attached hydrogen (secondary N) is 1. The van der Waals surface area contributed by atoms with Crippen molar-refractivity contribution in [1.29, 1.82) is 0 Å². The number of amides is 1. The van der Waals surface area contributed by atoms with E-state index in [9.17, 15) is 4.79 Å². The van der Waals surface area contributed by atoms with Crippen molar-refractivity contribution in [2.45, 2.75) is 32.2 Å². The van der Waals surface area contributed by atoms with Crippen molar-refractivity contribution in [1.82, 2.24) is 10.2 Å². The van der Waals surface area contributed by atoms with Gasteiger partial charge in [-0.25, -0.2) is 0 Å². The number of carbonyl (C=O) groups is 1. The number of aliphatic hydroxyl groups excluding tert-OH is 1. The van der Waals surface area contributed by atoms with E-state index in [4.69, 9.17) is 5.11 Å². The highest BCUT2D eigenvalue weighted by Gasteiger charge is 2.21. The van der Waals surface area contributed by atoms with Gasteiger partial charge in [0, 0.05) is 18.6 Å². The molecule has 1 fully saturated rings. The fraction of sp³-hybridized carbons (Fsp3) is 0.900. The van der Waals surface area contributed by atoms with Crippen LogP contribution in [-0.4, -0.2) is 47.7 Å². The van der Waals surface area contributed by atoms with Crippen LogP contribution in [0.15, 0.2) is 0 Å². The van der Waals surface area contributed by atoms with Crippen LogP contribution in [0.3, 0.4) is 0 Å². The molecule has 0 aromatic heterocycles. The first-order valence-corrected chi connectivity index (χ1v) is 5.19.